The van der Waals surface area contributed by atoms with E-state index < -0.39 is 0 Å². The zero-order valence-electron chi connectivity index (χ0n) is 16.9. The van der Waals surface area contributed by atoms with Crippen molar-refractivity contribution in [2.75, 3.05) is 5.32 Å². The Morgan fingerprint density at radius 2 is 1.57 bits per heavy atom. The number of nitrogens with one attached hydrogen (secondary N) is 1. The number of aromatic nitrogens is 1. The monoisotopic (exact) mass is 414 g/mol. The zero-order valence-corrected chi connectivity index (χ0v) is 17.8. The first-order valence-corrected chi connectivity index (χ1v) is 10.7. The van der Waals surface area contributed by atoms with Crippen molar-refractivity contribution in [2.24, 2.45) is 0 Å². The summed E-state index contributed by atoms with van der Waals surface area (Å²) in [5.41, 5.74) is 5.69. The van der Waals surface area contributed by atoms with E-state index in [1.807, 2.05) is 49.4 Å². The summed E-state index contributed by atoms with van der Waals surface area (Å²) in [6.07, 6.45) is 0.351. The molecule has 150 valence electrons. The highest BCUT2D eigenvalue weighted by molar-refractivity contribution is 7.21. The third-order valence-electron chi connectivity index (χ3n) is 4.91. The maximum absolute atomic E-state index is 12.2. The van der Waals surface area contributed by atoms with Gasteiger partial charge in [0.15, 0.2) is 5.78 Å². The number of benzene rings is 3. The van der Waals surface area contributed by atoms with Gasteiger partial charge in [0.25, 0.3) is 0 Å². The molecule has 0 fully saturated rings. The van der Waals surface area contributed by atoms with Gasteiger partial charge in [-0.3, -0.25) is 9.59 Å². The van der Waals surface area contributed by atoms with Crippen LogP contribution in [-0.2, 0) is 4.79 Å². The number of fused-ring (bicyclic) bond motifs is 1. The smallest absolute Gasteiger partial charge is 0.224 e. The summed E-state index contributed by atoms with van der Waals surface area (Å²) in [6.45, 7) is 4.05. The molecule has 1 N–H and O–H groups in total. The quantitative estimate of drug-likeness (QED) is 0.383. The molecule has 0 radical (unpaired) electrons. The van der Waals surface area contributed by atoms with Crippen LogP contribution in [0.1, 0.15) is 34.3 Å². The maximum Gasteiger partial charge on any atom is 0.224 e. The van der Waals surface area contributed by atoms with Crippen LogP contribution in [0.25, 0.3) is 20.8 Å². The van der Waals surface area contributed by atoms with Gasteiger partial charge in [-0.15, -0.1) is 11.3 Å². The Balaban J connectivity index is 1.36. The second-order valence-electron chi connectivity index (χ2n) is 7.40. The molecule has 0 atom stereocenters. The Hall–Kier alpha value is -3.31. The van der Waals surface area contributed by atoms with Crippen LogP contribution in [0.2, 0.25) is 0 Å². The molecule has 0 aliphatic carbocycles. The van der Waals surface area contributed by atoms with E-state index in [0.29, 0.717) is 11.3 Å². The summed E-state index contributed by atoms with van der Waals surface area (Å²) >= 11 is 1.66. The van der Waals surface area contributed by atoms with E-state index in [-0.39, 0.29) is 24.5 Å². The van der Waals surface area contributed by atoms with E-state index in [1.165, 1.54) is 10.3 Å². The molecule has 0 unspecified atom stereocenters. The fourth-order valence-electron chi connectivity index (χ4n) is 3.19. The van der Waals surface area contributed by atoms with Crippen molar-refractivity contribution in [3.8, 4) is 10.6 Å². The van der Waals surface area contributed by atoms with Crippen molar-refractivity contribution >= 4 is 38.9 Å². The highest BCUT2D eigenvalue weighted by Crippen LogP contribution is 2.31. The van der Waals surface area contributed by atoms with Crippen LogP contribution in [0.5, 0.6) is 0 Å². The van der Waals surface area contributed by atoms with Gasteiger partial charge >= 0.3 is 0 Å². The molecule has 1 aromatic heterocycles. The predicted octanol–water partition coefficient (Wildman–Crippen LogP) is 6.18. The molecule has 3 aromatic carbocycles. The van der Waals surface area contributed by atoms with Gasteiger partial charge in [-0.2, -0.15) is 0 Å². The second kappa shape index (κ2) is 8.59. The summed E-state index contributed by atoms with van der Waals surface area (Å²) in [4.78, 5) is 29.1. The number of carbonyl (C=O) groups excluding carboxylic acids is 2. The summed E-state index contributed by atoms with van der Waals surface area (Å²) in [5.74, 6) is -0.190. The number of hydrogen-bond donors (Lipinski definition) is 1. The summed E-state index contributed by atoms with van der Waals surface area (Å²) in [6, 6.07) is 21.3. The Morgan fingerprint density at radius 1 is 0.867 bits per heavy atom. The molecule has 1 amide bonds. The number of carbonyl (C=O) groups is 2. The maximum atomic E-state index is 12.2. The van der Waals surface area contributed by atoms with Gasteiger partial charge in [0.05, 0.1) is 10.2 Å². The molecule has 0 saturated heterocycles. The first-order chi connectivity index (χ1) is 14.5. The Kier molecular flexibility index (Phi) is 5.72. The van der Waals surface area contributed by atoms with Crippen LogP contribution < -0.4 is 5.32 Å². The molecule has 30 heavy (non-hydrogen) atoms. The number of Topliss-reactive ketones (excluding diaryl/α,β-unsaturated/α-hetero) is 1. The largest absolute Gasteiger partial charge is 0.326 e. The van der Waals surface area contributed by atoms with Gasteiger partial charge in [-0.25, -0.2) is 4.98 Å². The average molecular weight is 415 g/mol. The number of ketones is 1. The summed E-state index contributed by atoms with van der Waals surface area (Å²) < 4.78 is 1.17. The van der Waals surface area contributed by atoms with Gasteiger partial charge in [0.2, 0.25) is 5.91 Å². The molecule has 4 nitrogen and oxygen atoms in total. The lowest BCUT2D eigenvalue weighted by molar-refractivity contribution is -0.116. The highest BCUT2D eigenvalue weighted by atomic mass is 32.1. The standard InChI is InChI=1S/C25H22N2O2S/c1-16-3-6-18(7-4-16)22(28)13-14-24(29)26-20-10-8-19(9-11-20)25-27-21-12-5-17(2)15-23(21)30-25/h3-12,15H,13-14H2,1-2H3,(H,26,29). The van der Waals surface area contributed by atoms with Crippen LogP contribution in [0.15, 0.2) is 66.7 Å². The first-order valence-electron chi connectivity index (χ1n) is 9.85. The molecular formula is C25H22N2O2S. The van der Waals surface area contributed by atoms with Crippen LogP contribution in [0.4, 0.5) is 5.69 Å². The lowest BCUT2D eigenvalue weighted by Crippen LogP contribution is -2.13. The number of anilines is 1. The number of aryl methyl sites for hydroxylation is 2. The lowest BCUT2D eigenvalue weighted by atomic mass is 10.0. The molecule has 0 aliphatic heterocycles. The Morgan fingerprint density at radius 3 is 2.30 bits per heavy atom. The van der Waals surface area contributed by atoms with E-state index in [2.05, 4.69) is 24.4 Å². The van der Waals surface area contributed by atoms with E-state index in [9.17, 15) is 9.59 Å². The Labute approximate surface area is 179 Å². The van der Waals surface area contributed by atoms with Crippen LogP contribution in [-0.4, -0.2) is 16.7 Å². The predicted molar refractivity (Wildman–Crippen MR) is 123 cm³/mol. The number of hydrogen-bond acceptors (Lipinski definition) is 4. The lowest BCUT2D eigenvalue weighted by Gasteiger charge is -2.06. The molecule has 0 spiro atoms. The molecular weight excluding hydrogens is 392 g/mol. The molecule has 0 bridgehead atoms. The van der Waals surface area contributed by atoms with Gasteiger partial charge in [-0.1, -0.05) is 35.9 Å². The van der Waals surface area contributed by atoms with Crippen molar-refractivity contribution in [1.82, 2.24) is 4.98 Å². The van der Waals surface area contributed by atoms with Crippen molar-refractivity contribution in [2.45, 2.75) is 26.7 Å². The van der Waals surface area contributed by atoms with Gasteiger partial charge in [0, 0.05) is 29.7 Å². The van der Waals surface area contributed by atoms with E-state index in [0.717, 1.165) is 21.7 Å². The SMILES string of the molecule is Cc1ccc(C(=O)CCC(=O)Nc2ccc(-c3nc4ccc(C)cc4s3)cc2)cc1. The van der Waals surface area contributed by atoms with Crippen molar-refractivity contribution in [3.05, 3.63) is 83.4 Å². The molecule has 1 heterocycles. The van der Waals surface area contributed by atoms with Crippen LogP contribution >= 0.6 is 11.3 Å². The number of thiazole rings is 1. The summed E-state index contributed by atoms with van der Waals surface area (Å²) in [5, 5.41) is 3.82. The minimum Gasteiger partial charge on any atom is -0.326 e. The van der Waals surface area contributed by atoms with E-state index >= 15 is 0 Å². The number of amides is 1. The van der Waals surface area contributed by atoms with Crippen molar-refractivity contribution < 1.29 is 9.59 Å². The molecule has 5 heteroatoms. The van der Waals surface area contributed by atoms with Crippen LogP contribution in [0.3, 0.4) is 0 Å². The fraction of sp³-hybridized carbons (Fsp3) is 0.160. The summed E-state index contributed by atoms with van der Waals surface area (Å²) in [7, 11) is 0. The molecule has 4 aromatic rings. The third kappa shape index (κ3) is 4.63. The number of rotatable bonds is 6. The van der Waals surface area contributed by atoms with Gasteiger partial charge in [-0.05, 0) is 55.8 Å². The first kappa shape index (κ1) is 20.0. The Bertz CT molecular complexity index is 1210. The van der Waals surface area contributed by atoms with Crippen LogP contribution in [0, 0.1) is 13.8 Å². The zero-order chi connectivity index (χ0) is 21.1. The van der Waals surface area contributed by atoms with E-state index in [4.69, 9.17) is 4.98 Å². The molecule has 4 rings (SSSR count). The minimum atomic E-state index is -0.168. The van der Waals surface area contributed by atoms with Crippen molar-refractivity contribution in [3.63, 3.8) is 0 Å². The molecule has 0 saturated carbocycles. The fourth-order valence-corrected chi connectivity index (χ4v) is 4.26. The minimum absolute atomic E-state index is 0.0217. The van der Waals surface area contributed by atoms with Gasteiger partial charge < -0.3 is 5.32 Å². The average Bonchev–Trinajstić information content (AvgIpc) is 3.16. The highest BCUT2D eigenvalue weighted by Gasteiger charge is 2.10. The topological polar surface area (TPSA) is 59.1 Å². The normalized spacial score (nSPS) is 10.9. The van der Waals surface area contributed by atoms with E-state index in [1.54, 1.807) is 23.5 Å². The number of nitrogens with zero attached hydrogens (tertiary/aromatic N) is 1. The van der Waals surface area contributed by atoms with Crippen molar-refractivity contribution in [1.29, 1.82) is 0 Å². The van der Waals surface area contributed by atoms with Gasteiger partial charge in [0.1, 0.15) is 5.01 Å². The second-order valence-corrected chi connectivity index (χ2v) is 8.44. The molecule has 0 aliphatic rings. The third-order valence-corrected chi connectivity index (χ3v) is 5.98.